The van der Waals surface area contributed by atoms with Crippen molar-refractivity contribution in [1.29, 1.82) is 0 Å². The van der Waals surface area contributed by atoms with E-state index in [9.17, 15) is 19.5 Å². The molecule has 0 bridgehead atoms. The molecule has 0 aromatic carbocycles. The first-order valence-corrected chi connectivity index (χ1v) is 19.6. The van der Waals surface area contributed by atoms with E-state index in [2.05, 4.69) is 51.8 Å². The summed E-state index contributed by atoms with van der Waals surface area (Å²) in [5.41, 5.74) is 1.77. The van der Waals surface area contributed by atoms with Gasteiger partial charge in [0, 0.05) is 35.4 Å². The maximum atomic E-state index is 13.8. The molecular formula is C40H60N2O5S. The number of carbonyl (C=O) groups excluding carboxylic acids is 2. The molecule has 8 heteroatoms. The topological polar surface area (TPSA) is 106 Å². The van der Waals surface area contributed by atoms with E-state index in [0.29, 0.717) is 35.9 Å². The Hall–Kier alpha value is -2.06. The van der Waals surface area contributed by atoms with E-state index in [0.717, 1.165) is 50.2 Å². The zero-order valence-electron chi connectivity index (χ0n) is 30.7. The number of aromatic nitrogens is 1. The van der Waals surface area contributed by atoms with Crippen molar-refractivity contribution in [3.05, 3.63) is 27.7 Å². The Labute approximate surface area is 292 Å². The minimum absolute atomic E-state index is 0.00281. The van der Waals surface area contributed by atoms with E-state index >= 15 is 0 Å². The van der Waals surface area contributed by atoms with Crippen LogP contribution in [0.25, 0.3) is 0 Å². The summed E-state index contributed by atoms with van der Waals surface area (Å²) in [6.45, 7) is 19.1. The van der Waals surface area contributed by atoms with Crippen molar-refractivity contribution in [3.8, 4) is 0 Å². The van der Waals surface area contributed by atoms with Gasteiger partial charge in [-0.15, -0.1) is 11.3 Å². The normalized spacial score (nSPS) is 37.4. The van der Waals surface area contributed by atoms with Crippen LogP contribution in [0.3, 0.4) is 0 Å². The summed E-state index contributed by atoms with van der Waals surface area (Å²) in [6, 6.07) is 0. The molecule has 6 rings (SSSR count). The summed E-state index contributed by atoms with van der Waals surface area (Å²) in [5, 5.41) is 16.4. The zero-order chi connectivity index (χ0) is 34.9. The fourth-order valence-electron chi connectivity index (χ4n) is 12.4. The number of carbonyl (C=O) groups is 3. The largest absolute Gasteiger partial charge is 0.481 e. The second-order valence-corrected chi connectivity index (χ2v) is 19.4. The minimum atomic E-state index is -1.14. The molecule has 0 aliphatic heterocycles. The highest BCUT2D eigenvalue weighted by Gasteiger charge is 2.66. The maximum absolute atomic E-state index is 13.8. The van der Waals surface area contributed by atoms with Crippen LogP contribution >= 0.6 is 11.3 Å². The number of carboxylic acids is 1. The van der Waals surface area contributed by atoms with Crippen LogP contribution in [0.4, 0.5) is 0 Å². The minimum Gasteiger partial charge on any atom is -0.481 e. The molecule has 2 N–H and O–H groups in total. The van der Waals surface area contributed by atoms with Gasteiger partial charge >= 0.3 is 11.9 Å². The van der Waals surface area contributed by atoms with Crippen molar-refractivity contribution in [2.45, 2.75) is 139 Å². The molecule has 8 unspecified atom stereocenters. The second-order valence-electron chi connectivity index (χ2n) is 18.4. The van der Waals surface area contributed by atoms with E-state index in [1.807, 2.05) is 11.6 Å². The predicted molar refractivity (Wildman–Crippen MR) is 189 cm³/mol. The number of Topliss-reactive ketones (excluding diaryl/α,β-unsaturated/α-hetero) is 1. The number of hydrogen-bond acceptors (Lipinski definition) is 7. The first-order chi connectivity index (χ1) is 22.5. The Bertz CT molecular complexity index is 1450. The van der Waals surface area contributed by atoms with E-state index < -0.39 is 17.4 Å². The number of carboxylic acid groups (broad SMARTS) is 1. The summed E-state index contributed by atoms with van der Waals surface area (Å²) in [4.78, 5) is 43.0. The van der Waals surface area contributed by atoms with Gasteiger partial charge < -0.3 is 15.2 Å². The predicted octanol–water partition coefficient (Wildman–Crippen LogP) is 8.63. The Morgan fingerprint density at radius 2 is 1.77 bits per heavy atom. The first kappa shape index (κ1) is 35.8. The number of hydrogen-bond donors (Lipinski definition) is 2. The molecule has 7 nitrogen and oxygen atoms in total. The van der Waals surface area contributed by atoms with E-state index in [-0.39, 0.29) is 40.1 Å². The van der Waals surface area contributed by atoms with Crippen molar-refractivity contribution in [2.75, 3.05) is 6.54 Å². The highest BCUT2D eigenvalue weighted by Crippen LogP contribution is 2.73. The van der Waals surface area contributed by atoms with Crippen LogP contribution in [0.2, 0.25) is 0 Å². The lowest BCUT2D eigenvalue weighted by molar-refractivity contribution is -0.213. The third-order valence-electron chi connectivity index (χ3n) is 14.7. The van der Waals surface area contributed by atoms with Gasteiger partial charge in [-0.1, -0.05) is 47.1 Å². The molecule has 4 fully saturated rings. The fraction of sp³-hybridized carbons (Fsp3) is 0.800. The average molecular weight is 681 g/mol. The number of thiazole rings is 1. The van der Waals surface area contributed by atoms with Gasteiger partial charge in [-0.05, 0) is 124 Å². The molecule has 0 saturated heterocycles. The van der Waals surface area contributed by atoms with Gasteiger partial charge in [0.1, 0.15) is 11.1 Å². The average Bonchev–Trinajstić information content (AvgIpc) is 3.61. The Morgan fingerprint density at radius 1 is 1.04 bits per heavy atom. The number of rotatable bonds is 10. The third-order valence-corrected chi connectivity index (χ3v) is 15.4. The zero-order valence-corrected chi connectivity index (χ0v) is 31.6. The number of fused-ring (bicyclic) bond motifs is 7. The lowest BCUT2D eigenvalue weighted by Crippen LogP contribution is -2.63. The standard InChI is InChI=1S/C40H60N2O5S/c1-24(2)33-27(43)21-40(17-18-41-23-31-42-19-20-48-31)16-11-26-25(34(33)40)9-10-29-38(26,7)14-12-28-37(5,6)30(13-15-39(28,29)8)47-32(44)22-36(3,4)35(45)46/h19-20,24-26,28-30,41H,9-18,21-23H2,1-8H3,(H,45,46). The number of nitrogens with zero attached hydrogens (tertiary/aromatic N) is 1. The Balaban J connectivity index is 1.22. The lowest BCUT2D eigenvalue weighted by Gasteiger charge is -2.69. The third kappa shape index (κ3) is 5.82. The van der Waals surface area contributed by atoms with Gasteiger partial charge in [-0.2, -0.15) is 0 Å². The van der Waals surface area contributed by atoms with Crippen LogP contribution in [-0.2, 0) is 25.7 Å². The SMILES string of the molecule is CC(C)C1=C2C3CCC4C(C)(CCC5C(C)(C)C(OC(=O)CC(C)(C)C(=O)O)CCC54C)C3CCC2(CCNCc2nccs2)CC1=O. The molecule has 5 aliphatic carbocycles. The summed E-state index contributed by atoms with van der Waals surface area (Å²) >= 11 is 1.69. The van der Waals surface area contributed by atoms with Gasteiger partial charge in [0.15, 0.2) is 5.78 Å². The molecular weight excluding hydrogens is 621 g/mol. The van der Waals surface area contributed by atoms with Crippen molar-refractivity contribution in [3.63, 3.8) is 0 Å². The quantitative estimate of drug-likeness (QED) is 0.188. The summed E-state index contributed by atoms with van der Waals surface area (Å²) in [7, 11) is 0. The smallest absolute Gasteiger partial charge is 0.309 e. The number of aliphatic carboxylic acids is 1. The molecule has 48 heavy (non-hydrogen) atoms. The van der Waals surface area contributed by atoms with Gasteiger partial charge in [-0.3, -0.25) is 14.4 Å². The molecule has 1 aromatic rings. The van der Waals surface area contributed by atoms with Crippen LogP contribution in [0.15, 0.2) is 22.7 Å². The summed E-state index contributed by atoms with van der Waals surface area (Å²) in [5.74, 6) is 1.42. The number of nitrogens with one attached hydrogen (secondary N) is 1. The molecule has 5 aliphatic rings. The number of allylic oxidation sites excluding steroid dienone is 2. The summed E-state index contributed by atoms with van der Waals surface area (Å²) < 4.78 is 6.15. The van der Waals surface area contributed by atoms with Gasteiger partial charge in [0.2, 0.25) is 0 Å². The molecule has 1 aromatic heterocycles. The molecule has 4 saturated carbocycles. The first-order valence-electron chi connectivity index (χ1n) is 18.8. The van der Waals surface area contributed by atoms with E-state index in [1.165, 1.54) is 31.3 Å². The van der Waals surface area contributed by atoms with Crippen molar-refractivity contribution >= 4 is 29.1 Å². The number of esters is 1. The van der Waals surface area contributed by atoms with Crippen LogP contribution in [-0.4, -0.2) is 40.5 Å². The molecule has 1 heterocycles. The van der Waals surface area contributed by atoms with Gasteiger partial charge in [-0.25, -0.2) is 4.98 Å². The van der Waals surface area contributed by atoms with Gasteiger partial charge in [0.05, 0.1) is 11.8 Å². The van der Waals surface area contributed by atoms with E-state index in [1.54, 1.807) is 30.8 Å². The van der Waals surface area contributed by atoms with Crippen LogP contribution in [0.1, 0.15) is 131 Å². The van der Waals surface area contributed by atoms with E-state index in [4.69, 9.17) is 4.74 Å². The highest BCUT2D eigenvalue weighted by molar-refractivity contribution is 7.09. The monoisotopic (exact) mass is 680 g/mol. The Morgan fingerprint density at radius 3 is 2.44 bits per heavy atom. The second kappa shape index (κ2) is 12.6. The molecule has 0 spiro atoms. The van der Waals surface area contributed by atoms with Crippen molar-refractivity contribution in [1.82, 2.24) is 10.3 Å². The molecule has 0 amide bonds. The van der Waals surface area contributed by atoms with Crippen LogP contribution in [0.5, 0.6) is 0 Å². The molecule has 8 atom stereocenters. The van der Waals surface area contributed by atoms with Gasteiger partial charge in [0.25, 0.3) is 0 Å². The fourth-order valence-corrected chi connectivity index (χ4v) is 13.0. The van der Waals surface area contributed by atoms with Crippen LogP contribution < -0.4 is 5.32 Å². The Kier molecular flexibility index (Phi) is 9.40. The van der Waals surface area contributed by atoms with Crippen molar-refractivity contribution in [2.24, 2.45) is 56.7 Å². The molecule has 266 valence electrons. The maximum Gasteiger partial charge on any atom is 0.309 e. The number of ketones is 1. The molecule has 0 radical (unpaired) electrons. The van der Waals surface area contributed by atoms with Crippen LogP contribution in [0, 0.1) is 56.7 Å². The lowest BCUT2D eigenvalue weighted by atomic mass is 9.36. The number of ether oxygens (including phenoxy) is 1. The van der Waals surface area contributed by atoms with Crippen molar-refractivity contribution < 1.29 is 24.2 Å². The summed E-state index contributed by atoms with van der Waals surface area (Å²) in [6.07, 6.45) is 12.1. The highest BCUT2D eigenvalue weighted by atomic mass is 32.1.